The molecular weight excluding hydrogens is 362 g/mol. The molecule has 0 aliphatic carbocycles. The molecule has 4 N–H and O–H groups in total. The van der Waals surface area contributed by atoms with E-state index in [0.29, 0.717) is 17.0 Å². The number of nitrogens with two attached hydrogens (primary N) is 1. The van der Waals surface area contributed by atoms with Gasteiger partial charge in [0.2, 0.25) is 5.96 Å². The van der Waals surface area contributed by atoms with E-state index in [1.165, 1.54) is 19.4 Å². The van der Waals surface area contributed by atoms with Gasteiger partial charge >= 0.3 is 0 Å². The highest BCUT2D eigenvalue weighted by atomic mass is 35.5. The summed E-state index contributed by atoms with van der Waals surface area (Å²) in [6.45, 7) is 3.97. The number of aryl methyl sites for hydroxylation is 1. The van der Waals surface area contributed by atoms with Crippen molar-refractivity contribution in [3.05, 3.63) is 41.0 Å². The second-order valence-electron chi connectivity index (χ2n) is 6.82. The molecule has 0 radical (unpaired) electrons. The molecule has 144 valence electrons. The molecule has 3 rings (SSSR count). The van der Waals surface area contributed by atoms with E-state index in [1.54, 1.807) is 12.1 Å². The largest absolute Gasteiger partial charge is 0.370 e. The standard InChI is InChI=1S/C19H26ClN7/c1-13-12-17(22-10-9-16-4-3-11-27(16)2)25-19(23-13)26-18(21)24-15-7-5-14(20)6-8-15/h5-8,12,16H,3-4,9-11H2,1-2H3,(H4,21,22,23,24,25,26). The molecule has 2 aromatic rings. The van der Waals surface area contributed by atoms with Crippen molar-refractivity contribution in [2.75, 3.05) is 30.8 Å². The SMILES string of the molecule is Cc1cc(NCCC2CCCN2C)nc(/N=C(\N)Nc2ccc(Cl)cc2)n1. The Bertz CT molecular complexity index is 791. The predicted molar refractivity (Wildman–Crippen MR) is 112 cm³/mol. The smallest absolute Gasteiger partial charge is 0.254 e. The molecule has 7 nitrogen and oxygen atoms in total. The van der Waals surface area contributed by atoms with Gasteiger partial charge in [-0.25, -0.2) is 4.98 Å². The second-order valence-corrected chi connectivity index (χ2v) is 7.25. The molecule has 1 aromatic carbocycles. The van der Waals surface area contributed by atoms with Crippen molar-refractivity contribution in [2.45, 2.75) is 32.2 Å². The zero-order valence-corrected chi connectivity index (χ0v) is 16.5. The molecule has 8 heteroatoms. The van der Waals surface area contributed by atoms with Crippen LogP contribution in [0.15, 0.2) is 35.3 Å². The number of aromatic nitrogens is 2. The van der Waals surface area contributed by atoms with Gasteiger partial charge in [-0.05, 0) is 64.0 Å². The normalized spacial score (nSPS) is 17.9. The molecule has 0 spiro atoms. The van der Waals surface area contributed by atoms with E-state index in [4.69, 9.17) is 17.3 Å². The van der Waals surface area contributed by atoms with Crippen molar-refractivity contribution in [1.82, 2.24) is 14.9 Å². The fourth-order valence-corrected chi connectivity index (χ4v) is 3.35. The Balaban J connectivity index is 1.60. The van der Waals surface area contributed by atoms with Crippen LogP contribution in [0.1, 0.15) is 25.0 Å². The van der Waals surface area contributed by atoms with Gasteiger partial charge in [0.25, 0.3) is 5.95 Å². The van der Waals surface area contributed by atoms with E-state index in [1.807, 2.05) is 25.1 Å². The lowest BCUT2D eigenvalue weighted by Gasteiger charge is -2.19. The monoisotopic (exact) mass is 387 g/mol. The van der Waals surface area contributed by atoms with Crippen LogP contribution in [0.2, 0.25) is 5.02 Å². The van der Waals surface area contributed by atoms with Gasteiger partial charge in [-0.2, -0.15) is 9.98 Å². The maximum Gasteiger partial charge on any atom is 0.254 e. The number of anilines is 2. The Morgan fingerprint density at radius 3 is 2.81 bits per heavy atom. The maximum atomic E-state index is 5.97. The lowest BCUT2D eigenvalue weighted by molar-refractivity contribution is 0.301. The van der Waals surface area contributed by atoms with Gasteiger partial charge in [-0.3, -0.25) is 0 Å². The number of guanidine groups is 1. The molecule has 1 unspecified atom stereocenters. The fourth-order valence-electron chi connectivity index (χ4n) is 3.22. The summed E-state index contributed by atoms with van der Waals surface area (Å²) in [5, 5.41) is 7.05. The number of halogens is 1. The van der Waals surface area contributed by atoms with Crippen LogP contribution >= 0.6 is 11.6 Å². The minimum atomic E-state index is 0.224. The van der Waals surface area contributed by atoms with Crippen molar-refractivity contribution >= 4 is 35.0 Å². The van der Waals surface area contributed by atoms with Crippen molar-refractivity contribution in [3.8, 4) is 0 Å². The quantitative estimate of drug-likeness (QED) is 0.519. The highest BCUT2D eigenvalue weighted by molar-refractivity contribution is 6.30. The first-order valence-electron chi connectivity index (χ1n) is 9.16. The van der Waals surface area contributed by atoms with Gasteiger partial charge in [0.05, 0.1) is 0 Å². The predicted octanol–water partition coefficient (Wildman–Crippen LogP) is 3.39. The lowest BCUT2D eigenvalue weighted by atomic mass is 10.1. The van der Waals surface area contributed by atoms with Gasteiger partial charge in [-0.15, -0.1) is 0 Å². The number of nitrogens with one attached hydrogen (secondary N) is 2. The highest BCUT2D eigenvalue weighted by Gasteiger charge is 2.19. The number of nitrogens with zero attached hydrogens (tertiary/aromatic N) is 4. The summed E-state index contributed by atoms with van der Waals surface area (Å²) in [6.07, 6.45) is 3.65. The molecule has 0 saturated carbocycles. The number of aliphatic imine (C=N–C) groups is 1. The van der Waals surface area contributed by atoms with Crippen LogP contribution in [0, 0.1) is 6.92 Å². The molecule has 1 aliphatic rings. The van der Waals surface area contributed by atoms with Gasteiger partial charge in [0.15, 0.2) is 0 Å². The van der Waals surface area contributed by atoms with Crippen LogP contribution in [-0.2, 0) is 0 Å². The lowest BCUT2D eigenvalue weighted by Crippen LogP contribution is -2.27. The zero-order valence-electron chi connectivity index (χ0n) is 15.7. The maximum absolute atomic E-state index is 5.97. The molecule has 2 heterocycles. The van der Waals surface area contributed by atoms with E-state index >= 15 is 0 Å². The Morgan fingerprint density at radius 1 is 1.33 bits per heavy atom. The van der Waals surface area contributed by atoms with E-state index in [9.17, 15) is 0 Å². The van der Waals surface area contributed by atoms with Crippen LogP contribution in [0.4, 0.5) is 17.5 Å². The van der Waals surface area contributed by atoms with E-state index in [-0.39, 0.29) is 5.96 Å². The molecule has 1 saturated heterocycles. The van der Waals surface area contributed by atoms with Crippen LogP contribution in [0.25, 0.3) is 0 Å². The molecule has 0 amide bonds. The third-order valence-corrected chi connectivity index (χ3v) is 4.89. The zero-order chi connectivity index (χ0) is 19.2. The fraction of sp³-hybridized carbons (Fsp3) is 0.421. The first kappa shape index (κ1) is 19.4. The Labute approximate surface area is 165 Å². The summed E-state index contributed by atoms with van der Waals surface area (Å²) in [5.74, 6) is 1.32. The third kappa shape index (κ3) is 5.80. The van der Waals surface area contributed by atoms with Crippen molar-refractivity contribution in [1.29, 1.82) is 0 Å². The highest BCUT2D eigenvalue weighted by Crippen LogP contribution is 2.18. The Kier molecular flexibility index (Phi) is 6.47. The van der Waals surface area contributed by atoms with Gasteiger partial charge in [-0.1, -0.05) is 11.6 Å². The summed E-state index contributed by atoms with van der Waals surface area (Å²) in [6, 6.07) is 9.79. The summed E-state index contributed by atoms with van der Waals surface area (Å²) in [7, 11) is 2.19. The minimum absolute atomic E-state index is 0.224. The summed E-state index contributed by atoms with van der Waals surface area (Å²) < 4.78 is 0. The second kappa shape index (κ2) is 9.01. The average Bonchev–Trinajstić information content (AvgIpc) is 3.01. The van der Waals surface area contributed by atoms with E-state index < -0.39 is 0 Å². The van der Waals surface area contributed by atoms with E-state index in [0.717, 1.165) is 30.2 Å². The summed E-state index contributed by atoms with van der Waals surface area (Å²) in [5.41, 5.74) is 7.61. The van der Waals surface area contributed by atoms with Crippen molar-refractivity contribution in [2.24, 2.45) is 10.7 Å². The molecular formula is C19H26ClN7. The number of likely N-dealkylation sites (tertiary alicyclic amines) is 1. The van der Waals surface area contributed by atoms with Crippen molar-refractivity contribution < 1.29 is 0 Å². The van der Waals surface area contributed by atoms with E-state index in [2.05, 4.69) is 37.5 Å². The van der Waals surface area contributed by atoms with Crippen molar-refractivity contribution in [3.63, 3.8) is 0 Å². The van der Waals surface area contributed by atoms with Gasteiger partial charge < -0.3 is 21.3 Å². The molecule has 1 fully saturated rings. The number of rotatable bonds is 6. The first-order chi connectivity index (χ1) is 13.0. The number of hydrogen-bond acceptors (Lipinski definition) is 5. The first-order valence-corrected chi connectivity index (χ1v) is 9.54. The molecule has 1 aromatic heterocycles. The summed E-state index contributed by atoms with van der Waals surface area (Å²) >= 11 is 5.89. The minimum Gasteiger partial charge on any atom is -0.370 e. The number of benzene rings is 1. The molecule has 1 atom stereocenters. The van der Waals surface area contributed by atoms with Gasteiger partial charge in [0, 0.05) is 35.1 Å². The summed E-state index contributed by atoms with van der Waals surface area (Å²) in [4.78, 5) is 15.5. The third-order valence-electron chi connectivity index (χ3n) is 4.63. The Morgan fingerprint density at radius 2 is 2.11 bits per heavy atom. The number of hydrogen-bond donors (Lipinski definition) is 3. The molecule has 1 aliphatic heterocycles. The van der Waals surface area contributed by atoms with Crippen LogP contribution in [0.3, 0.4) is 0 Å². The van der Waals surface area contributed by atoms with Crippen LogP contribution in [-0.4, -0.2) is 47.0 Å². The average molecular weight is 388 g/mol. The van der Waals surface area contributed by atoms with Gasteiger partial charge in [0.1, 0.15) is 5.82 Å². The van der Waals surface area contributed by atoms with Crippen LogP contribution in [0.5, 0.6) is 0 Å². The van der Waals surface area contributed by atoms with Crippen LogP contribution < -0.4 is 16.4 Å². The molecule has 0 bridgehead atoms. The molecule has 27 heavy (non-hydrogen) atoms. The Hall–Kier alpha value is -2.38. The topological polar surface area (TPSA) is 91.5 Å².